The molecule has 0 aromatic heterocycles. The van der Waals surface area contributed by atoms with Crippen molar-refractivity contribution < 1.29 is 9.90 Å². The number of hydrogen-bond acceptors (Lipinski definition) is 2. The molecule has 0 aliphatic heterocycles. The van der Waals surface area contributed by atoms with Crippen molar-refractivity contribution in [3.63, 3.8) is 0 Å². The van der Waals surface area contributed by atoms with Crippen molar-refractivity contribution in [2.75, 3.05) is 0 Å². The van der Waals surface area contributed by atoms with Gasteiger partial charge in [-0.15, -0.1) is 0 Å². The maximum absolute atomic E-state index is 11.3. The van der Waals surface area contributed by atoms with Crippen LogP contribution in [0.25, 0.3) is 22.3 Å². The average molecular weight is 341 g/mol. The van der Waals surface area contributed by atoms with E-state index in [-0.39, 0.29) is 6.04 Å². The van der Waals surface area contributed by atoms with Crippen LogP contribution in [0, 0.1) is 0 Å². The molecule has 1 aliphatic carbocycles. The lowest BCUT2D eigenvalue weighted by molar-refractivity contribution is 0.0697. The summed E-state index contributed by atoms with van der Waals surface area (Å²) in [5.74, 6) is -0.914. The van der Waals surface area contributed by atoms with E-state index in [1.54, 1.807) is 18.2 Å². The molecule has 0 heterocycles. The zero-order valence-electron chi connectivity index (χ0n) is 14.7. The van der Waals surface area contributed by atoms with Crippen molar-refractivity contribution >= 4 is 11.7 Å². The number of hydrogen-bond donors (Lipinski definition) is 1. The van der Waals surface area contributed by atoms with Gasteiger partial charge in [-0.2, -0.15) is 0 Å². The molecule has 0 saturated heterocycles. The Morgan fingerprint density at radius 3 is 2.23 bits per heavy atom. The molecule has 4 rings (SSSR count). The Labute approximate surface area is 152 Å². The molecule has 1 N–H and O–H groups in total. The van der Waals surface area contributed by atoms with Crippen molar-refractivity contribution in [3.05, 3.63) is 83.4 Å². The largest absolute Gasteiger partial charge is 0.478 e. The Balaban J connectivity index is 1.89. The highest BCUT2D eigenvalue weighted by Gasteiger charge is 2.25. The summed E-state index contributed by atoms with van der Waals surface area (Å²) in [6.07, 6.45) is 0. The molecule has 0 radical (unpaired) electrons. The van der Waals surface area contributed by atoms with Crippen LogP contribution in [0.5, 0.6) is 0 Å². The molecule has 3 aromatic rings. The van der Waals surface area contributed by atoms with E-state index in [9.17, 15) is 9.90 Å². The summed E-state index contributed by atoms with van der Waals surface area (Å²) in [4.78, 5) is 16.1. The van der Waals surface area contributed by atoms with E-state index in [0.717, 1.165) is 28.0 Å². The van der Waals surface area contributed by atoms with Gasteiger partial charge in [-0.1, -0.05) is 48.5 Å². The first-order valence-electron chi connectivity index (χ1n) is 8.70. The highest BCUT2D eigenvalue weighted by Crippen LogP contribution is 2.39. The van der Waals surface area contributed by atoms with Crippen LogP contribution in [0.1, 0.15) is 35.3 Å². The summed E-state index contributed by atoms with van der Waals surface area (Å²) in [7, 11) is 0. The van der Waals surface area contributed by atoms with E-state index in [1.165, 1.54) is 11.1 Å². The predicted molar refractivity (Wildman–Crippen MR) is 105 cm³/mol. The van der Waals surface area contributed by atoms with Gasteiger partial charge in [0.2, 0.25) is 0 Å². The molecule has 0 saturated carbocycles. The van der Waals surface area contributed by atoms with Crippen LogP contribution in [0.4, 0.5) is 0 Å². The Bertz CT molecular complexity index is 1050. The second-order valence-corrected chi connectivity index (χ2v) is 6.76. The fraction of sp³-hybridized carbons (Fsp3) is 0.130. The van der Waals surface area contributed by atoms with Crippen LogP contribution >= 0.6 is 0 Å². The first-order chi connectivity index (χ1) is 12.5. The van der Waals surface area contributed by atoms with Crippen LogP contribution in [0.15, 0.2) is 71.7 Å². The third kappa shape index (κ3) is 2.72. The first kappa shape index (κ1) is 16.3. The number of aliphatic imine (C=N–C) groups is 1. The van der Waals surface area contributed by atoms with Gasteiger partial charge in [-0.05, 0) is 54.3 Å². The summed E-state index contributed by atoms with van der Waals surface area (Å²) >= 11 is 0. The third-order valence-corrected chi connectivity index (χ3v) is 4.58. The minimum atomic E-state index is -0.914. The van der Waals surface area contributed by atoms with Crippen LogP contribution in [-0.4, -0.2) is 22.8 Å². The zero-order chi connectivity index (χ0) is 18.3. The molecule has 26 heavy (non-hydrogen) atoms. The number of carboxylic acids is 1. The predicted octanol–water partition coefficient (Wildman–Crippen LogP) is 5.28. The number of aromatic carboxylic acids is 1. The number of fused-ring (bicyclic) bond motifs is 3. The number of carboxylic acid groups (broad SMARTS) is 1. The van der Waals surface area contributed by atoms with Gasteiger partial charge in [0, 0.05) is 17.2 Å². The van der Waals surface area contributed by atoms with E-state index in [2.05, 4.69) is 44.2 Å². The molecular weight excluding hydrogens is 322 g/mol. The van der Waals surface area contributed by atoms with Gasteiger partial charge in [0.25, 0.3) is 0 Å². The van der Waals surface area contributed by atoms with E-state index in [1.807, 2.05) is 18.2 Å². The molecule has 3 aromatic carbocycles. The third-order valence-electron chi connectivity index (χ3n) is 4.58. The topological polar surface area (TPSA) is 49.7 Å². The second-order valence-electron chi connectivity index (χ2n) is 6.76. The molecular formula is C23H19NO2. The standard InChI is InChI=1S/C23H19NO2/c1-14(2)24-22-20-9-4-3-8-18(20)19-11-10-16(13-21(19)22)15-6-5-7-17(12-15)23(25)26/h3-14H,1-2H3,(H,25,26). The SMILES string of the molecule is CC(C)N=C1c2ccccc2-c2ccc(-c3cccc(C(=O)O)c3)cc21. The second kappa shape index (κ2) is 6.26. The lowest BCUT2D eigenvalue weighted by Gasteiger charge is -2.08. The number of carbonyl (C=O) groups is 1. The Morgan fingerprint density at radius 1 is 0.808 bits per heavy atom. The highest BCUT2D eigenvalue weighted by molar-refractivity contribution is 6.25. The zero-order valence-corrected chi connectivity index (χ0v) is 14.7. The molecule has 0 bridgehead atoms. The lowest BCUT2D eigenvalue weighted by Crippen LogP contribution is -2.03. The molecule has 3 heteroatoms. The van der Waals surface area contributed by atoms with Gasteiger partial charge >= 0.3 is 5.97 Å². The van der Waals surface area contributed by atoms with Crippen LogP contribution in [0.2, 0.25) is 0 Å². The number of rotatable bonds is 3. The summed E-state index contributed by atoms with van der Waals surface area (Å²) in [6, 6.07) is 21.9. The summed E-state index contributed by atoms with van der Waals surface area (Å²) in [5, 5.41) is 9.25. The number of benzene rings is 3. The van der Waals surface area contributed by atoms with E-state index < -0.39 is 5.97 Å². The van der Waals surface area contributed by atoms with Gasteiger partial charge in [0.15, 0.2) is 0 Å². The molecule has 3 nitrogen and oxygen atoms in total. The van der Waals surface area contributed by atoms with Crippen molar-refractivity contribution in [1.29, 1.82) is 0 Å². The molecule has 128 valence electrons. The summed E-state index contributed by atoms with van der Waals surface area (Å²) in [6.45, 7) is 4.15. The van der Waals surface area contributed by atoms with Crippen molar-refractivity contribution in [1.82, 2.24) is 0 Å². The number of nitrogens with zero attached hydrogens (tertiary/aromatic N) is 1. The van der Waals surface area contributed by atoms with E-state index >= 15 is 0 Å². The minimum Gasteiger partial charge on any atom is -0.478 e. The molecule has 0 unspecified atom stereocenters. The van der Waals surface area contributed by atoms with Crippen LogP contribution in [0.3, 0.4) is 0 Å². The molecule has 0 amide bonds. The molecule has 0 spiro atoms. The Kier molecular flexibility index (Phi) is 3.92. The van der Waals surface area contributed by atoms with Crippen molar-refractivity contribution in [2.45, 2.75) is 19.9 Å². The monoisotopic (exact) mass is 341 g/mol. The fourth-order valence-electron chi connectivity index (χ4n) is 3.45. The normalized spacial score (nSPS) is 13.7. The fourth-order valence-corrected chi connectivity index (χ4v) is 3.45. The molecule has 1 aliphatic rings. The van der Waals surface area contributed by atoms with Gasteiger partial charge in [0.1, 0.15) is 0 Å². The first-order valence-corrected chi connectivity index (χ1v) is 8.70. The maximum Gasteiger partial charge on any atom is 0.335 e. The maximum atomic E-state index is 11.3. The van der Waals surface area contributed by atoms with Crippen LogP contribution in [-0.2, 0) is 0 Å². The van der Waals surface area contributed by atoms with Crippen molar-refractivity contribution in [2.24, 2.45) is 4.99 Å². The van der Waals surface area contributed by atoms with Gasteiger partial charge in [0.05, 0.1) is 11.3 Å². The Hall–Kier alpha value is -3.20. The van der Waals surface area contributed by atoms with E-state index in [0.29, 0.717) is 5.56 Å². The lowest BCUT2D eigenvalue weighted by atomic mass is 9.97. The molecule has 0 fully saturated rings. The van der Waals surface area contributed by atoms with Gasteiger partial charge in [-0.25, -0.2) is 4.79 Å². The van der Waals surface area contributed by atoms with Gasteiger partial charge < -0.3 is 5.11 Å². The van der Waals surface area contributed by atoms with Crippen molar-refractivity contribution in [3.8, 4) is 22.3 Å². The molecule has 0 atom stereocenters. The summed E-state index contributed by atoms with van der Waals surface area (Å²) in [5.41, 5.74) is 7.85. The smallest absolute Gasteiger partial charge is 0.335 e. The van der Waals surface area contributed by atoms with E-state index in [4.69, 9.17) is 4.99 Å². The Morgan fingerprint density at radius 2 is 1.50 bits per heavy atom. The minimum absolute atomic E-state index is 0.197. The highest BCUT2D eigenvalue weighted by atomic mass is 16.4. The van der Waals surface area contributed by atoms with Gasteiger partial charge in [-0.3, -0.25) is 4.99 Å². The quantitative estimate of drug-likeness (QED) is 0.551. The average Bonchev–Trinajstić information content (AvgIpc) is 2.95. The summed E-state index contributed by atoms with van der Waals surface area (Å²) < 4.78 is 0. The van der Waals surface area contributed by atoms with Crippen LogP contribution < -0.4 is 0 Å².